The minimum absolute atomic E-state index is 0.528. The maximum atomic E-state index is 5.95. The highest BCUT2D eigenvalue weighted by Gasteiger charge is 2.27. The molecule has 0 amide bonds. The van der Waals surface area contributed by atoms with Crippen LogP contribution in [0.4, 0.5) is 11.4 Å². The number of nitrogens with one attached hydrogen (secondary N) is 1. The van der Waals surface area contributed by atoms with E-state index in [-0.39, 0.29) is 0 Å². The molecule has 0 bridgehead atoms. The topological polar surface area (TPSA) is 36.9 Å². The highest BCUT2D eigenvalue weighted by molar-refractivity contribution is 14.2. The number of fused-ring (bicyclic) bond motifs is 1. The van der Waals surface area contributed by atoms with Gasteiger partial charge in [-0.25, -0.2) is 3.21 Å². The Kier molecular flexibility index (Phi) is 6.63. The van der Waals surface area contributed by atoms with Crippen LogP contribution in [0, 0.1) is 6.92 Å². The smallest absolute Gasteiger partial charge is 0.155 e. The standard InChI is InChI=1S/C24H26IN3OS/c1-4-13-26-18-10-12-19-17(15-18)7-6-8-21(19)28-23(27-25-24(28)30)20-11-9-16(3)14-22(20)29-5-2/h6-12,14-15,26,30H,4-5,13H2,1-3H3. The van der Waals surface area contributed by atoms with Crippen molar-refractivity contribution in [2.45, 2.75) is 27.2 Å². The molecule has 4 nitrogen and oxygen atoms in total. The maximum Gasteiger partial charge on any atom is 0.155 e. The molecule has 156 valence electrons. The first-order valence-electron chi connectivity index (χ1n) is 10.2. The Morgan fingerprint density at radius 1 is 1.10 bits per heavy atom. The molecule has 0 aromatic heterocycles. The van der Waals surface area contributed by atoms with Crippen LogP contribution < -0.4 is 15.0 Å². The zero-order valence-electron chi connectivity index (χ0n) is 17.4. The molecule has 3 aromatic rings. The summed E-state index contributed by atoms with van der Waals surface area (Å²) in [6.45, 7) is 7.87. The van der Waals surface area contributed by atoms with E-state index in [0.717, 1.165) is 44.5 Å². The average Bonchev–Trinajstić information content (AvgIpc) is 3.13. The van der Waals surface area contributed by atoms with Crippen LogP contribution in [-0.4, -0.2) is 22.0 Å². The van der Waals surface area contributed by atoms with Crippen molar-refractivity contribution in [3.63, 3.8) is 0 Å². The summed E-state index contributed by atoms with van der Waals surface area (Å²) in [6.07, 6.45) is 1.10. The third kappa shape index (κ3) is 4.21. The second-order valence-electron chi connectivity index (χ2n) is 7.17. The number of hydrogen-bond donors (Lipinski definition) is 2. The summed E-state index contributed by atoms with van der Waals surface area (Å²) in [5.41, 5.74) is 4.45. The minimum Gasteiger partial charge on any atom is -0.493 e. The number of anilines is 2. The molecule has 1 aliphatic rings. The number of halogens is 1. The largest absolute Gasteiger partial charge is 0.493 e. The normalized spacial score (nSPS) is 13.7. The molecule has 0 aliphatic carbocycles. The Hall–Kier alpha value is -2.06. The molecular weight excluding hydrogens is 505 g/mol. The molecule has 0 fully saturated rings. The number of aryl methyl sites for hydroxylation is 1. The van der Waals surface area contributed by atoms with Crippen molar-refractivity contribution in [2.24, 2.45) is 3.21 Å². The van der Waals surface area contributed by atoms with Crippen LogP contribution in [0.2, 0.25) is 0 Å². The molecule has 0 atom stereocenters. The van der Waals surface area contributed by atoms with Crippen LogP contribution in [0.25, 0.3) is 10.8 Å². The fraction of sp³-hybridized carbons (Fsp3) is 0.250. The lowest BCUT2D eigenvalue weighted by Crippen LogP contribution is -2.31. The lowest BCUT2D eigenvalue weighted by Gasteiger charge is -2.24. The average molecular weight is 531 g/mol. The van der Waals surface area contributed by atoms with E-state index >= 15 is 0 Å². The third-order valence-corrected chi connectivity index (χ3v) is 7.27. The van der Waals surface area contributed by atoms with Gasteiger partial charge in [-0.1, -0.05) is 31.2 Å². The number of benzene rings is 3. The summed E-state index contributed by atoms with van der Waals surface area (Å²) in [5.74, 6) is 1.80. The molecule has 4 rings (SSSR count). The van der Waals surface area contributed by atoms with Gasteiger partial charge in [-0.2, -0.15) is 0 Å². The number of nitrogens with zero attached hydrogens (tertiary/aromatic N) is 2. The van der Waals surface area contributed by atoms with Crippen molar-refractivity contribution in [2.75, 3.05) is 23.4 Å². The summed E-state index contributed by atoms with van der Waals surface area (Å²) in [4.78, 5) is 2.20. The Morgan fingerprint density at radius 2 is 1.97 bits per heavy atom. The molecule has 0 saturated heterocycles. The molecule has 0 unspecified atom stereocenters. The molecule has 1 aliphatic heterocycles. The van der Waals surface area contributed by atoms with E-state index in [9.17, 15) is 0 Å². The van der Waals surface area contributed by atoms with Crippen molar-refractivity contribution in [3.05, 3.63) is 65.7 Å². The number of rotatable bonds is 7. The van der Waals surface area contributed by atoms with Gasteiger partial charge in [0.1, 0.15) is 8.71 Å². The fourth-order valence-electron chi connectivity index (χ4n) is 3.55. The second-order valence-corrected chi connectivity index (χ2v) is 10.4. The summed E-state index contributed by atoms with van der Waals surface area (Å²) in [6, 6.07) is 19.3. The Labute approximate surface area is 193 Å². The van der Waals surface area contributed by atoms with Crippen molar-refractivity contribution in [3.8, 4) is 5.75 Å². The summed E-state index contributed by atoms with van der Waals surface area (Å²) in [5, 5.41) is 5.87. The lowest BCUT2D eigenvalue weighted by atomic mass is 10.1. The quantitative estimate of drug-likeness (QED) is 0.269. The van der Waals surface area contributed by atoms with E-state index in [1.165, 1.54) is 16.3 Å². The van der Waals surface area contributed by atoms with Gasteiger partial charge in [0.05, 0.1) is 38.9 Å². The summed E-state index contributed by atoms with van der Waals surface area (Å²) in [7, 11) is 0. The van der Waals surface area contributed by atoms with Crippen molar-refractivity contribution < 1.29 is 4.74 Å². The summed E-state index contributed by atoms with van der Waals surface area (Å²) >= 11 is 4.30. The second kappa shape index (κ2) is 9.39. The molecule has 3 aromatic carbocycles. The molecule has 1 N–H and O–H groups in total. The van der Waals surface area contributed by atoms with Crippen molar-refractivity contribution >= 4 is 64.6 Å². The van der Waals surface area contributed by atoms with Crippen LogP contribution in [0.5, 0.6) is 5.75 Å². The van der Waals surface area contributed by atoms with E-state index in [4.69, 9.17) is 20.6 Å². The van der Waals surface area contributed by atoms with Gasteiger partial charge in [0.25, 0.3) is 0 Å². The first-order valence-corrected chi connectivity index (χ1v) is 12.7. The van der Waals surface area contributed by atoms with Gasteiger partial charge >= 0.3 is 0 Å². The molecular formula is C24H26IN3OS. The van der Waals surface area contributed by atoms with Gasteiger partial charge in [-0.3, -0.25) is 4.90 Å². The maximum absolute atomic E-state index is 5.95. The third-order valence-electron chi connectivity index (χ3n) is 4.95. The molecule has 6 heteroatoms. The van der Waals surface area contributed by atoms with Crippen molar-refractivity contribution in [1.29, 1.82) is 0 Å². The lowest BCUT2D eigenvalue weighted by molar-refractivity contribution is 0.339. The Bertz CT molecular complexity index is 1140. The van der Waals surface area contributed by atoms with E-state index in [1.54, 1.807) is 0 Å². The number of amidine groups is 1. The van der Waals surface area contributed by atoms with E-state index in [0.29, 0.717) is 6.61 Å². The Balaban J connectivity index is 1.78. The molecule has 0 radical (unpaired) electrons. The van der Waals surface area contributed by atoms with Gasteiger partial charge in [0.15, 0.2) is 5.84 Å². The first kappa shape index (κ1) is 21.2. The van der Waals surface area contributed by atoms with Crippen molar-refractivity contribution in [1.82, 2.24) is 0 Å². The molecule has 1 heterocycles. The zero-order chi connectivity index (χ0) is 21.1. The van der Waals surface area contributed by atoms with Gasteiger partial charge in [0.2, 0.25) is 0 Å². The summed E-state index contributed by atoms with van der Waals surface area (Å²) < 4.78 is 11.9. The van der Waals surface area contributed by atoms with Gasteiger partial charge in [-0.05, 0) is 61.5 Å². The predicted molar refractivity (Wildman–Crippen MR) is 142 cm³/mol. The van der Waals surface area contributed by atoms with E-state index in [2.05, 4.69) is 78.7 Å². The zero-order valence-corrected chi connectivity index (χ0v) is 20.5. The van der Waals surface area contributed by atoms with Gasteiger partial charge in [-0.15, -0.1) is 12.6 Å². The monoisotopic (exact) mass is 531 g/mol. The number of thiol groups is 1. The van der Waals surface area contributed by atoms with Crippen LogP contribution in [0.15, 0.2) is 57.8 Å². The first-order chi connectivity index (χ1) is 14.6. The van der Waals surface area contributed by atoms with Gasteiger partial charge < -0.3 is 10.1 Å². The van der Waals surface area contributed by atoms with Crippen LogP contribution in [0.3, 0.4) is 0 Å². The molecule has 0 saturated carbocycles. The van der Waals surface area contributed by atoms with Gasteiger partial charge in [0, 0.05) is 17.6 Å². The molecule has 30 heavy (non-hydrogen) atoms. The minimum atomic E-state index is -0.528. The van der Waals surface area contributed by atoms with Crippen LogP contribution in [-0.2, 0) is 0 Å². The number of ether oxygens (including phenoxy) is 1. The highest BCUT2D eigenvalue weighted by Crippen LogP contribution is 2.37. The van der Waals surface area contributed by atoms with E-state index < -0.39 is 21.0 Å². The fourth-order valence-corrected chi connectivity index (χ4v) is 5.63. The predicted octanol–water partition coefficient (Wildman–Crippen LogP) is 6.54. The van der Waals surface area contributed by atoms with Crippen LogP contribution in [0.1, 0.15) is 31.4 Å². The van der Waals surface area contributed by atoms with E-state index in [1.807, 2.05) is 6.92 Å². The molecule has 0 spiro atoms. The highest BCUT2D eigenvalue weighted by atomic mass is 127. The number of hydrogen-bond acceptors (Lipinski definition) is 5. The Morgan fingerprint density at radius 3 is 2.77 bits per heavy atom. The SMILES string of the molecule is CCCNc1ccc2c(N3C(c4ccc(C)cc4OCC)=NI=C3S)cccc2c1. The van der Waals surface area contributed by atoms with Crippen LogP contribution >= 0.6 is 33.6 Å².